The van der Waals surface area contributed by atoms with E-state index >= 15 is 0 Å². The van der Waals surface area contributed by atoms with Crippen LogP contribution in [-0.4, -0.2) is 50.0 Å². The Hall–Kier alpha value is -1.81. The maximum atomic E-state index is 12.9. The van der Waals surface area contributed by atoms with Gasteiger partial charge in [-0.2, -0.15) is 0 Å². The molecule has 0 saturated carbocycles. The minimum absolute atomic E-state index is 0. The van der Waals surface area contributed by atoms with E-state index in [4.69, 9.17) is 4.52 Å². The zero-order valence-electron chi connectivity index (χ0n) is 16.5. The van der Waals surface area contributed by atoms with E-state index in [1.54, 1.807) is 20.8 Å². The number of carboxylic acids is 1. The molecule has 3 heterocycles. The normalized spacial score (nSPS) is 24.3. The molecule has 146 valence electrons. The zero-order valence-corrected chi connectivity index (χ0v) is 19.3. The SMILES string of the molecule is Cc1onc(-c2ccccc2)c1C(=O)N[C@H]1C(=O)N2C1SC(C)(C)C2C(=O)[O-].[Na+]. The molecule has 2 unspecified atom stereocenters. The van der Waals surface area contributed by atoms with Crippen LogP contribution in [0.25, 0.3) is 11.3 Å². The minimum atomic E-state index is -1.29. The molecule has 0 aliphatic carbocycles. The van der Waals surface area contributed by atoms with Gasteiger partial charge < -0.3 is 24.6 Å². The van der Waals surface area contributed by atoms with Crippen LogP contribution >= 0.6 is 11.8 Å². The van der Waals surface area contributed by atoms with Gasteiger partial charge in [-0.15, -0.1) is 11.8 Å². The molecule has 3 atom stereocenters. The van der Waals surface area contributed by atoms with E-state index in [9.17, 15) is 19.5 Å². The number of rotatable bonds is 4. The summed E-state index contributed by atoms with van der Waals surface area (Å²) < 4.78 is 4.49. The van der Waals surface area contributed by atoms with E-state index in [2.05, 4.69) is 10.5 Å². The van der Waals surface area contributed by atoms with Gasteiger partial charge in [-0.1, -0.05) is 35.5 Å². The summed E-state index contributed by atoms with van der Waals surface area (Å²) in [5.41, 5.74) is 1.38. The van der Waals surface area contributed by atoms with Gasteiger partial charge in [-0.05, 0) is 20.8 Å². The number of amides is 2. The first-order valence-electron chi connectivity index (χ1n) is 8.76. The molecule has 1 aromatic heterocycles. The molecule has 10 heteroatoms. The molecule has 0 radical (unpaired) electrons. The Balaban J connectivity index is 0.00000240. The number of benzene rings is 1. The summed E-state index contributed by atoms with van der Waals surface area (Å²) in [4.78, 5) is 38.2. The van der Waals surface area contributed by atoms with E-state index < -0.39 is 40.0 Å². The average molecular weight is 423 g/mol. The van der Waals surface area contributed by atoms with Crippen molar-refractivity contribution in [2.75, 3.05) is 0 Å². The molecule has 29 heavy (non-hydrogen) atoms. The van der Waals surface area contributed by atoms with E-state index in [-0.39, 0.29) is 35.1 Å². The predicted molar refractivity (Wildman–Crippen MR) is 99.0 cm³/mol. The molecule has 2 aromatic rings. The number of fused-ring (bicyclic) bond motifs is 1. The largest absolute Gasteiger partial charge is 1.00 e. The number of carbonyl (C=O) groups excluding carboxylic acids is 3. The zero-order chi connectivity index (χ0) is 20.2. The third-order valence-electron chi connectivity index (χ3n) is 5.09. The van der Waals surface area contributed by atoms with Gasteiger partial charge in [0.25, 0.3) is 5.91 Å². The van der Waals surface area contributed by atoms with Crippen LogP contribution in [0.3, 0.4) is 0 Å². The van der Waals surface area contributed by atoms with E-state index in [1.807, 2.05) is 30.3 Å². The van der Waals surface area contributed by atoms with Crippen LogP contribution in [-0.2, 0) is 9.59 Å². The number of nitrogens with one attached hydrogen (secondary N) is 1. The first-order valence-corrected chi connectivity index (χ1v) is 9.64. The number of hydrogen-bond donors (Lipinski definition) is 1. The average Bonchev–Trinajstić information content (AvgIpc) is 3.15. The quantitative estimate of drug-likeness (QED) is 0.429. The van der Waals surface area contributed by atoms with Crippen LogP contribution in [0.15, 0.2) is 34.9 Å². The third kappa shape index (κ3) is 3.50. The summed E-state index contributed by atoms with van der Waals surface area (Å²) in [5.74, 6) is -1.86. The smallest absolute Gasteiger partial charge is 0.548 e. The molecular formula is C19H18N3NaO5S. The van der Waals surface area contributed by atoms with Crippen LogP contribution in [0.5, 0.6) is 0 Å². The number of aryl methyl sites for hydroxylation is 1. The van der Waals surface area contributed by atoms with Crippen molar-refractivity contribution in [3.63, 3.8) is 0 Å². The van der Waals surface area contributed by atoms with Gasteiger partial charge in [0, 0.05) is 10.3 Å². The summed E-state index contributed by atoms with van der Waals surface area (Å²) in [6.07, 6.45) is 0. The molecule has 0 bridgehead atoms. The Morgan fingerprint density at radius 2 is 1.93 bits per heavy atom. The van der Waals surface area contributed by atoms with Gasteiger partial charge in [-0.25, -0.2) is 0 Å². The van der Waals surface area contributed by atoms with Crippen LogP contribution < -0.4 is 40.0 Å². The molecular weight excluding hydrogens is 405 g/mol. The maximum Gasteiger partial charge on any atom is 1.00 e. The molecule has 1 N–H and O–H groups in total. The second-order valence-electron chi connectivity index (χ2n) is 7.36. The summed E-state index contributed by atoms with van der Waals surface area (Å²) in [6.45, 7) is 5.13. The number of nitrogens with zero attached hydrogens (tertiary/aromatic N) is 2. The van der Waals surface area contributed by atoms with Gasteiger partial charge >= 0.3 is 29.6 Å². The van der Waals surface area contributed by atoms with E-state index in [0.717, 1.165) is 5.56 Å². The van der Waals surface area contributed by atoms with Crippen LogP contribution in [0.4, 0.5) is 0 Å². The van der Waals surface area contributed by atoms with Crippen molar-refractivity contribution in [3.05, 3.63) is 41.7 Å². The van der Waals surface area contributed by atoms with Crippen LogP contribution in [0.2, 0.25) is 0 Å². The Bertz CT molecular complexity index is 977. The fourth-order valence-corrected chi connectivity index (χ4v) is 5.39. The van der Waals surface area contributed by atoms with Crippen molar-refractivity contribution in [2.45, 2.75) is 43.0 Å². The number of hydrogen-bond acceptors (Lipinski definition) is 7. The summed E-state index contributed by atoms with van der Waals surface area (Å²) in [7, 11) is 0. The molecule has 2 aliphatic rings. The van der Waals surface area contributed by atoms with Crippen LogP contribution in [0, 0.1) is 6.92 Å². The van der Waals surface area contributed by atoms with Gasteiger partial charge in [0.05, 0.1) is 12.0 Å². The standard InChI is InChI=1S/C19H19N3O5S.Na/c1-9-11(12(21-27-9)10-7-5-4-6-8-10)15(23)20-13-16(24)22-14(18(25)26)19(2,3)28-17(13)22;/h4-8,13-14,17H,1-3H3,(H,20,23)(H,25,26);/q;+1/p-1/t13-,14?,17?;/m0./s1. The molecule has 2 fully saturated rings. The maximum absolute atomic E-state index is 12.9. The summed E-state index contributed by atoms with van der Waals surface area (Å²) >= 11 is 1.34. The number of thioether (sulfide) groups is 1. The number of aromatic nitrogens is 1. The first-order chi connectivity index (χ1) is 13.2. The molecule has 2 aliphatic heterocycles. The number of carboxylic acid groups (broad SMARTS) is 1. The molecule has 4 rings (SSSR count). The Kier molecular flexibility index (Phi) is 5.88. The van der Waals surface area contributed by atoms with Gasteiger partial charge in [0.1, 0.15) is 28.4 Å². The fraction of sp³-hybridized carbons (Fsp3) is 0.368. The van der Waals surface area contributed by atoms with Crippen molar-refractivity contribution in [1.29, 1.82) is 0 Å². The molecule has 2 amide bonds. The monoisotopic (exact) mass is 423 g/mol. The minimum Gasteiger partial charge on any atom is -0.548 e. The summed E-state index contributed by atoms with van der Waals surface area (Å²) in [6, 6.07) is 7.29. The Labute approximate surface area is 193 Å². The molecule has 0 spiro atoms. The Morgan fingerprint density at radius 3 is 2.55 bits per heavy atom. The van der Waals surface area contributed by atoms with Crippen molar-refractivity contribution in [2.24, 2.45) is 0 Å². The van der Waals surface area contributed by atoms with Gasteiger partial charge in [0.2, 0.25) is 5.91 Å². The molecule has 8 nitrogen and oxygen atoms in total. The predicted octanol–water partition coefficient (Wildman–Crippen LogP) is -2.44. The molecule has 1 aromatic carbocycles. The van der Waals surface area contributed by atoms with Crippen molar-refractivity contribution in [1.82, 2.24) is 15.4 Å². The topological polar surface area (TPSA) is 116 Å². The second kappa shape index (κ2) is 7.79. The van der Waals surface area contributed by atoms with Gasteiger partial charge in [-0.3, -0.25) is 9.59 Å². The van der Waals surface area contributed by atoms with Crippen molar-refractivity contribution < 1.29 is 53.6 Å². The Morgan fingerprint density at radius 1 is 1.28 bits per heavy atom. The van der Waals surface area contributed by atoms with E-state index in [1.165, 1.54) is 16.7 Å². The summed E-state index contributed by atoms with van der Waals surface area (Å²) in [5, 5.41) is 17.7. The van der Waals surface area contributed by atoms with Crippen molar-refractivity contribution in [3.8, 4) is 11.3 Å². The fourth-order valence-electron chi connectivity index (χ4n) is 3.77. The first kappa shape index (κ1) is 21.9. The van der Waals surface area contributed by atoms with Crippen molar-refractivity contribution >= 4 is 29.5 Å². The van der Waals surface area contributed by atoms with Crippen LogP contribution in [0.1, 0.15) is 30.0 Å². The van der Waals surface area contributed by atoms with Gasteiger partial charge in [0.15, 0.2) is 0 Å². The van der Waals surface area contributed by atoms with E-state index in [0.29, 0.717) is 11.5 Å². The number of carbonyl (C=O) groups is 3. The second-order valence-corrected chi connectivity index (χ2v) is 9.13. The third-order valence-corrected chi connectivity index (χ3v) is 6.66. The number of β-lactam (4-membered cyclic amide) rings is 1. The number of aliphatic carboxylic acids is 1. The molecule has 2 saturated heterocycles.